The number of piperidine rings is 1. The van der Waals surface area contributed by atoms with Crippen molar-refractivity contribution in [3.63, 3.8) is 0 Å². The maximum absolute atomic E-state index is 12.4. The van der Waals surface area contributed by atoms with E-state index < -0.39 is 0 Å². The Kier molecular flexibility index (Phi) is 5.73. The first kappa shape index (κ1) is 18.8. The highest BCUT2D eigenvalue weighted by atomic mass is 79.9. The third kappa shape index (κ3) is 4.48. The minimum Gasteiger partial charge on any atom is -0.341 e. The number of anilines is 2. The van der Waals surface area contributed by atoms with Gasteiger partial charge in [0.1, 0.15) is 0 Å². The molecule has 1 saturated carbocycles. The van der Waals surface area contributed by atoms with Crippen LogP contribution in [-0.2, 0) is 4.79 Å². The summed E-state index contributed by atoms with van der Waals surface area (Å²) in [5.41, 5.74) is 1.92. The zero-order valence-corrected chi connectivity index (χ0v) is 17.9. The molecule has 2 aromatic rings. The van der Waals surface area contributed by atoms with E-state index in [2.05, 4.69) is 40.9 Å². The first-order chi connectivity index (χ1) is 13.1. The highest BCUT2D eigenvalue weighted by molar-refractivity contribution is 9.10. The maximum Gasteiger partial charge on any atom is 0.234 e. The third-order valence-electron chi connectivity index (χ3n) is 4.97. The standard InChI is InChI=1S/C19H24BrN5OS/c1-13-11-14(5-8-16(13)20)21-17(26)12-27-19-23-22-18(25(19)15-6-7-15)24-9-3-2-4-10-24/h5,8,11,15H,2-4,6-7,9-10,12H2,1H3,(H,21,26). The predicted octanol–water partition coefficient (Wildman–Crippen LogP) is 4.41. The number of rotatable bonds is 6. The van der Waals surface area contributed by atoms with Crippen LogP contribution in [0.2, 0.25) is 0 Å². The van der Waals surface area contributed by atoms with Crippen LogP contribution in [0.5, 0.6) is 0 Å². The number of carbonyl (C=O) groups is 1. The molecule has 0 unspecified atom stereocenters. The topological polar surface area (TPSA) is 63.1 Å². The molecule has 27 heavy (non-hydrogen) atoms. The fourth-order valence-electron chi connectivity index (χ4n) is 3.38. The highest BCUT2D eigenvalue weighted by Crippen LogP contribution is 2.41. The molecule has 1 aromatic carbocycles. The van der Waals surface area contributed by atoms with Gasteiger partial charge in [0.05, 0.1) is 5.75 Å². The summed E-state index contributed by atoms with van der Waals surface area (Å²) in [4.78, 5) is 14.7. The number of hydrogen-bond acceptors (Lipinski definition) is 5. The lowest BCUT2D eigenvalue weighted by atomic mass is 10.1. The van der Waals surface area contributed by atoms with Crippen LogP contribution in [0.25, 0.3) is 0 Å². The van der Waals surface area contributed by atoms with Crippen LogP contribution in [0, 0.1) is 6.92 Å². The Morgan fingerprint density at radius 2 is 2.04 bits per heavy atom. The molecule has 144 valence electrons. The number of thioether (sulfide) groups is 1. The maximum atomic E-state index is 12.4. The molecule has 0 atom stereocenters. The molecular formula is C19H24BrN5OS. The predicted molar refractivity (Wildman–Crippen MR) is 113 cm³/mol. The van der Waals surface area contributed by atoms with Crippen LogP contribution in [0.4, 0.5) is 11.6 Å². The molecule has 1 N–H and O–H groups in total. The van der Waals surface area contributed by atoms with Gasteiger partial charge in [0.15, 0.2) is 5.16 Å². The number of aryl methyl sites for hydroxylation is 1. The molecule has 2 fully saturated rings. The lowest BCUT2D eigenvalue weighted by Crippen LogP contribution is -2.32. The summed E-state index contributed by atoms with van der Waals surface area (Å²) >= 11 is 4.96. The zero-order valence-electron chi connectivity index (χ0n) is 15.4. The lowest BCUT2D eigenvalue weighted by molar-refractivity contribution is -0.113. The van der Waals surface area contributed by atoms with E-state index in [1.54, 1.807) is 0 Å². The Labute approximate surface area is 172 Å². The van der Waals surface area contributed by atoms with E-state index in [4.69, 9.17) is 0 Å². The second kappa shape index (κ2) is 8.22. The Morgan fingerprint density at radius 3 is 2.74 bits per heavy atom. The van der Waals surface area contributed by atoms with Gasteiger partial charge in [-0.05, 0) is 62.8 Å². The Bertz CT molecular complexity index is 830. The molecule has 4 rings (SSSR count). The van der Waals surface area contributed by atoms with Gasteiger partial charge in [-0.15, -0.1) is 10.2 Å². The number of aromatic nitrogens is 3. The van der Waals surface area contributed by atoms with Crippen LogP contribution in [-0.4, -0.2) is 39.5 Å². The molecule has 1 aliphatic carbocycles. The van der Waals surface area contributed by atoms with E-state index in [1.807, 2.05) is 25.1 Å². The summed E-state index contributed by atoms with van der Waals surface area (Å²) < 4.78 is 3.30. The Hall–Kier alpha value is -1.54. The summed E-state index contributed by atoms with van der Waals surface area (Å²) in [6.07, 6.45) is 6.09. The van der Waals surface area contributed by atoms with Crippen molar-refractivity contribution in [3.05, 3.63) is 28.2 Å². The molecule has 0 radical (unpaired) electrons. The fraction of sp³-hybridized carbons (Fsp3) is 0.526. The first-order valence-electron chi connectivity index (χ1n) is 9.50. The lowest BCUT2D eigenvalue weighted by Gasteiger charge is -2.27. The van der Waals surface area contributed by atoms with Crippen molar-refractivity contribution < 1.29 is 4.79 Å². The summed E-state index contributed by atoms with van der Waals surface area (Å²) in [6.45, 7) is 4.12. The van der Waals surface area contributed by atoms with E-state index in [0.717, 1.165) is 39.9 Å². The molecule has 6 nitrogen and oxygen atoms in total. The van der Waals surface area contributed by atoms with Gasteiger partial charge in [-0.2, -0.15) is 0 Å². The van der Waals surface area contributed by atoms with Gasteiger partial charge in [-0.3, -0.25) is 9.36 Å². The molecule has 2 aliphatic rings. The van der Waals surface area contributed by atoms with Gasteiger partial charge in [0.2, 0.25) is 11.9 Å². The zero-order chi connectivity index (χ0) is 18.8. The first-order valence-corrected chi connectivity index (χ1v) is 11.3. The van der Waals surface area contributed by atoms with Crippen molar-refractivity contribution in [3.8, 4) is 0 Å². The van der Waals surface area contributed by atoms with Crippen LogP contribution in [0.15, 0.2) is 27.8 Å². The van der Waals surface area contributed by atoms with Gasteiger partial charge in [-0.25, -0.2) is 0 Å². The number of amides is 1. The monoisotopic (exact) mass is 449 g/mol. The second-order valence-corrected chi connectivity index (χ2v) is 9.03. The van der Waals surface area contributed by atoms with E-state index in [0.29, 0.717) is 11.8 Å². The van der Waals surface area contributed by atoms with Gasteiger partial charge < -0.3 is 10.2 Å². The van der Waals surface area contributed by atoms with Crippen LogP contribution in [0.1, 0.15) is 43.7 Å². The van der Waals surface area contributed by atoms with Crippen molar-refractivity contribution in [1.82, 2.24) is 14.8 Å². The Balaban J connectivity index is 1.41. The van der Waals surface area contributed by atoms with E-state index >= 15 is 0 Å². The summed E-state index contributed by atoms with van der Waals surface area (Å²) in [6, 6.07) is 6.32. The van der Waals surface area contributed by atoms with Crippen LogP contribution < -0.4 is 10.2 Å². The van der Waals surface area contributed by atoms with Crippen molar-refractivity contribution in [2.24, 2.45) is 0 Å². The number of nitrogens with zero attached hydrogens (tertiary/aromatic N) is 4. The number of carbonyl (C=O) groups excluding carboxylic acids is 1. The minimum absolute atomic E-state index is 0.0217. The molecule has 2 heterocycles. The molecule has 1 amide bonds. The van der Waals surface area contributed by atoms with Gasteiger partial charge >= 0.3 is 0 Å². The fourth-order valence-corrected chi connectivity index (χ4v) is 4.43. The SMILES string of the molecule is Cc1cc(NC(=O)CSc2nnc(N3CCCCC3)n2C2CC2)ccc1Br. The molecule has 0 bridgehead atoms. The van der Waals surface area contributed by atoms with Crippen LogP contribution in [0.3, 0.4) is 0 Å². The van der Waals surface area contributed by atoms with E-state index in [-0.39, 0.29) is 5.91 Å². The number of benzene rings is 1. The third-order valence-corrected chi connectivity index (χ3v) is 6.80. The number of nitrogens with one attached hydrogen (secondary N) is 1. The van der Waals surface area contributed by atoms with Gasteiger partial charge in [-0.1, -0.05) is 27.7 Å². The van der Waals surface area contributed by atoms with E-state index in [1.165, 1.54) is 43.9 Å². The number of hydrogen-bond donors (Lipinski definition) is 1. The van der Waals surface area contributed by atoms with Crippen molar-refractivity contribution in [1.29, 1.82) is 0 Å². The second-order valence-electron chi connectivity index (χ2n) is 7.23. The average molecular weight is 450 g/mol. The highest BCUT2D eigenvalue weighted by Gasteiger charge is 2.32. The van der Waals surface area contributed by atoms with Gasteiger partial charge in [0, 0.05) is 29.3 Å². The van der Waals surface area contributed by atoms with Crippen molar-refractivity contribution >= 4 is 45.2 Å². The summed E-state index contributed by atoms with van der Waals surface area (Å²) in [7, 11) is 0. The summed E-state index contributed by atoms with van der Waals surface area (Å²) in [5.74, 6) is 1.30. The molecule has 0 spiro atoms. The van der Waals surface area contributed by atoms with E-state index in [9.17, 15) is 4.79 Å². The largest absolute Gasteiger partial charge is 0.341 e. The average Bonchev–Trinajstić information content (AvgIpc) is 3.43. The van der Waals surface area contributed by atoms with Crippen molar-refractivity contribution in [2.75, 3.05) is 29.1 Å². The smallest absolute Gasteiger partial charge is 0.234 e. The molecular weight excluding hydrogens is 426 g/mol. The van der Waals surface area contributed by atoms with Crippen LogP contribution >= 0.6 is 27.7 Å². The normalized spacial score (nSPS) is 17.2. The minimum atomic E-state index is -0.0217. The van der Waals surface area contributed by atoms with Crippen molar-refractivity contribution in [2.45, 2.75) is 50.2 Å². The Morgan fingerprint density at radius 1 is 1.26 bits per heavy atom. The molecule has 1 saturated heterocycles. The van der Waals surface area contributed by atoms with Gasteiger partial charge in [0.25, 0.3) is 0 Å². The quantitative estimate of drug-likeness (QED) is 0.661. The molecule has 1 aliphatic heterocycles. The summed E-state index contributed by atoms with van der Waals surface area (Å²) in [5, 5.41) is 12.7. The molecule has 8 heteroatoms. The molecule has 1 aromatic heterocycles. The number of halogens is 1.